The van der Waals surface area contributed by atoms with Crippen LogP contribution in [-0.2, 0) is 5.88 Å². The van der Waals surface area contributed by atoms with Gasteiger partial charge in [0.25, 0.3) is 0 Å². The van der Waals surface area contributed by atoms with Gasteiger partial charge in [-0.3, -0.25) is 4.90 Å². The molecule has 104 valence electrons. The smallest absolute Gasteiger partial charge is 0.129 e. The zero-order valence-electron chi connectivity index (χ0n) is 11.1. The predicted octanol–water partition coefficient (Wildman–Crippen LogP) is 3.24. The summed E-state index contributed by atoms with van der Waals surface area (Å²) in [6.07, 6.45) is 3.82. The Bertz CT molecular complexity index is 446. The summed E-state index contributed by atoms with van der Waals surface area (Å²) >= 11 is 5.90. The van der Waals surface area contributed by atoms with Gasteiger partial charge in [-0.05, 0) is 44.5 Å². The molecule has 2 aliphatic rings. The molecule has 0 N–H and O–H groups in total. The SMILES string of the molecule is Fc1cccc(N2CCC(N3CCCC3)C2)c1CCl. The first kappa shape index (κ1) is 13.2. The van der Waals surface area contributed by atoms with E-state index in [0.717, 1.165) is 18.8 Å². The number of likely N-dealkylation sites (tertiary alicyclic amines) is 1. The van der Waals surface area contributed by atoms with E-state index in [1.807, 2.05) is 6.07 Å². The second kappa shape index (κ2) is 5.68. The lowest BCUT2D eigenvalue weighted by Crippen LogP contribution is -2.35. The highest BCUT2D eigenvalue weighted by Gasteiger charge is 2.30. The van der Waals surface area contributed by atoms with Crippen LogP contribution >= 0.6 is 11.6 Å². The molecule has 2 nitrogen and oxygen atoms in total. The molecule has 1 aromatic rings. The summed E-state index contributed by atoms with van der Waals surface area (Å²) in [5.74, 6) is 0.0597. The minimum Gasteiger partial charge on any atom is -0.370 e. The topological polar surface area (TPSA) is 6.48 Å². The third kappa shape index (κ3) is 2.59. The van der Waals surface area contributed by atoms with Crippen LogP contribution in [0.15, 0.2) is 18.2 Å². The lowest BCUT2D eigenvalue weighted by atomic mass is 10.1. The van der Waals surface area contributed by atoms with Crippen LogP contribution in [0.4, 0.5) is 10.1 Å². The zero-order valence-corrected chi connectivity index (χ0v) is 11.9. The van der Waals surface area contributed by atoms with Crippen LogP contribution in [0, 0.1) is 5.82 Å². The van der Waals surface area contributed by atoms with Crippen LogP contribution in [0.25, 0.3) is 0 Å². The highest BCUT2D eigenvalue weighted by molar-refractivity contribution is 6.17. The Kier molecular flexibility index (Phi) is 3.94. The molecule has 3 rings (SSSR count). The van der Waals surface area contributed by atoms with E-state index in [0.29, 0.717) is 11.6 Å². The van der Waals surface area contributed by atoms with Crippen LogP contribution in [0.1, 0.15) is 24.8 Å². The van der Waals surface area contributed by atoms with Crippen molar-refractivity contribution in [1.82, 2.24) is 4.90 Å². The lowest BCUT2D eigenvalue weighted by Gasteiger charge is -2.25. The van der Waals surface area contributed by atoms with Crippen molar-refractivity contribution < 1.29 is 4.39 Å². The summed E-state index contributed by atoms with van der Waals surface area (Å²) in [6.45, 7) is 4.47. The van der Waals surface area contributed by atoms with Gasteiger partial charge in [0.15, 0.2) is 0 Å². The summed E-state index contributed by atoms with van der Waals surface area (Å²) in [5.41, 5.74) is 1.63. The first-order chi connectivity index (χ1) is 9.29. The van der Waals surface area contributed by atoms with Gasteiger partial charge in [-0.2, -0.15) is 0 Å². The van der Waals surface area contributed by atoms with Crippen LogP contribution < -0.4 is 4.90 Å². The average molecular weight is 283 g/mol. The third-order valence-electron chi connectivity index (χ3n) is 4.39. The maximum absolute atomic E-state index is 13.8. The molecule has 0 aliphatic carbocycles. The Morgan fingerprint density at radius 2 is 2.00 bits per heavy atom. The number of nitrogens with zero attached hydrogens (tertiary/aromatic N) is 2. The van der Waals surface area contributed by atoms with Gasteiger partial charge in [-0.25, -0.2) is 4.39 Å². The molecular formula is C15H20ClFN2. The molecule has 0 saturated carbocycles. The van der Waals surface area contributed by atoms with Crippen LogP contribution in [0.5, 0.6) is 0 Å². The van der Waals surface area contributed by atoms with Crippen molar-refractivity contribution in [3.8, 4) is 0 Å². The lowest BCUT2D eigenvalue weighted by molar-refractivity contribution is 0.260. The van der Waals surface area contributed by atoms with E-state index in [4.69, 9.17) is 11.6 Å². The fourth-order valence-corrected chi connectivity index (χ4v) is 3.61. The van der Waals surface area contributed by atoms with E-state index in [2.05, 4.69) is 9.80 Å². The molecule has 19 heavy (non-hydrogen) atoms. The van der Waals surface area contributed by atoms with Crippen LogP contribution in [0.3, 0.4) is 0 Å². The van der Waals surface area contributed by atoms with Crippen molar-refractivity contribution in [2.45, 2.75) is 31.2 Å². The normalized spacial score (nSPS) is 24.3. The van der Waals surface area contributed by atoms with Gasteiger partial charge >= 0.3 is 0 Å². The number of rotatable bonds is 3. The van der Waals surface area contributed by atoms with Crippen molar-refractivity contribution in [3.63, 3.8) is 0 Å². The third-order valence-corrected chi connectivity index (χ3v) is 4.66. The number of alkyl halides is 1. The molecule has 0 amide bonds. The van der Waals surface area contributed by atoms with Gasteiger partial charge in [0.05, 0.1) is 5.88 Å². The molecule has 2 saturated heterocycles. The second-order valence-electron chi connectivity index (χ2n) is 5.50. The highest BCUT2D eigenvalue weighted by Crippen LogP contribution is 2.30. The van der Waals surface area contributed by atoms with Crippen molar-refractivity contribution >= 4 is 17.3 Å². The predicted molar refractivity (Wildman–Crippen MR) is 77.4 cm³/mol. The highest BCUT2D eigenvalue weighted by atomic mass is 35.5. The zero-order chi connectivity index (χ0) is 13.2. The summed E-state index contributed by atoms with van der Waals surface area (Å²) in [7, 11) is 0. The second-order valence-corrected chi connectivity index (χ2v) is 5.77. The van der Waals surface area contributed by atoms with E-state index in [-0.39, 0.29) is 11.7 Å². The molecular weight excluding hydrogens is 263 g/mol. The number of halogens is 2. The molecule has 0 aromatic heterocycles. The molecule has 1 aromatic carbocycles. The maximum atomic E-state index is 13.8. The summed E-state index contributed by atoms with van der Waals surface area (Å²) < 4.78 is 13.8. The maximum Gasteiger partial charge on any atom is 0.129 e. The number of anilines is 1. The number of hydrogen-bond acceptors (Lipinski definition) is 2. The largest absolute Gasteiger partial charge is 0.370 e. The Morgan fingerprint density at radius 3 is 2.74 bits per heavy atom. The summed E-state index contributed by atoms with van der Waals surface area (Å²) in [5, 5.41) is 0. The molecule has 1 atom stereocenters. The van der Waals surface area contributed by atoms with Gasteiger partial charge in [0, 0.05) is 30.4 Å². The molecule has 2 aliphatic heterocycles. The van der Waals surface area contributed by atoms with Crippen molar-refractivity contribution in [3.05, 3.63) is 29.6 Å². The van der Waals surface area contributed by atoms with E-state index in [1.165, 1.54) is 38.4 Å². The monoisotopic (exact) mass is 282 g/mol. The number of benzene rings is 1. The quantitative estimate of drug-likeness (QED) is 0.786. The molecule has 2 fully saturated rings. The Balaban J connectivity index is 1.75. The molecule has 0 bridgehead atoms. The molecule has 0 radical (unpaired) electrons. The van der Waals surface area contributed by atoms with E-state index < -0.39 is 0 Å². The first-order valence-electron chi connectivity index (χ1n) is 7.12. The molecule has 2 heterocycles. The average Bonchev–Trinajstić information content (AvgIpc) is 3.09. The van der Waals surface area contributed by atoms with E-state index in [9.17, 15) is 4.39 Å². The van der Waals surface area contributed by atoms with E-state index in [1.54, 1.807) is 6.07 Å². The van der Waals surface area contributed by atoms with Gasteiger partial charge in [0.1, 0.15) is 5.82 Å². The van der Waals surface area contributed by atoms with Gasteiger partial charge in [0.2, 0.25) is 0 Å². The first-order valence-corrected chi connectivity index (χ1v) is 7.65. The van der Waals surface area contributed by atoms with Crippen LogP contribution in [-0.4, -0.2) is 37.1 Å². The Labute approximate surface area is 119 Å². The molecule has 4 heteroatoms. The van der Waals surface area contributed by atoms with Gasteiger partial charge in [-0.15, -0.1) is 11.6 Å². The summed E-state index contributed by atoms with van der Waals surface area (Å²) in [4.78, 5) is 4.88. The minimum atomic E-state index is -0.183. The van der Waals surface area contributed by atoms with Crippen molar-refractivity contribution in [2.24, 2.45) is 0 Å². The van der Waals surface area contributed by atoms with Crippen molar-refractivity contribution in [2.75, 3.05) is 31.1 Å². The Morgan fingerprint density at radius 1 is 1.21 bits per heavy atom. The fourth-order valence-electron chi connectivity index (χ4n) is 3.34. The molecule has 1 unspecified atom stereocenters. The molecule has 0 spiro atoms. The Hall–Kier alpha value is -0.800. The van der Waals surface area contributed by atoms with Gasteiger partial charge < -0.3 is 4.90 Å². The van der Waals surface area contributed by atoms with E-state index >= 15 is 0 Å². The fraction of sp³-hybridized carbons (Fsp3) is 0.600. The minimum absolute atomic E-state index is 0.183. The van der Waals surface area contributed by atoms with Crippen LogP contribution in [0.2, 0.25) is 0 Å². The number of hydrogen-bond donors (Lipinski definition) is 0. The van der Waals surface area contributed by atoms with Gasteiger partial charge in [-0.1, -0.05) is 6.07 Å². The standard InChI is InChI=1S/C15H20ClFN2/c16-10-13-14(17)4-3-5-15(13)19-9-6-12(11-19)18-7-1-2-8-18/h3-5,12H,1-2,6-11H2. The van der Waals surface area contributed by atoms with Crippen molar-refractivity contribution in [1.29, 1.82) is 0 Å². The summed E-state index contributed by atoms with van der Waals surface area (Å²) in [6, 6.07) is 5.90.